The molecule has 1 aromatic heterocycles. The van der Waals surface area contributed by atoms with Gasteiger partial charge in [0.05, 0.1) is 13.3 Å². The lowest BCUT2D eigenvalue weighted by Crippen LogP contribution is -2.43. The predicted octanol–water partition coefficient (Wildman–Crippen LogP) is 5.75. The Bertz CT molecular complexity index is 1130. The van der Waals surface area contributed by atoms with Crippen LogP contribution in [0.25, 0.3) is 0 Å². The summed E-state index contributed by atoms with van der Waals surface area (Å²) in [4.78, 5) is 9.59. The van der Waals surface area contributed by atoms with Crippen LogP contribution in [0.5, 0.6) is 5.75 Å². The average Bonchev–Trinajstić information content (AvgIpc) is 2.85. The summed E-state index contributed by atoms with van der Waals surface area (Å²) in [6.07, 6.45) is 6.85. The molecule has 4 rings (SSSR count). The molecule has 1 saturated heterocycles. The molecular weight excluding hydrogens is 456 g/mol. The molecule has 0 saturated carbocycles. The number of nitrogens with zero attached hydrogens (tertiary/aromatic N) is 3. The lowest BCUT2D eigenvalue weighted by Gasteiger charge is -2.41. The van der Waals surface area contributed by atoms with Crippen LogP contribution in [0.15, 0.2) is 71.9 Å². The molecule has 34 heavy (non-hydrogen) atoms. The van der Waals surface area contributed by atoms with Crippen molar-refractivity contribution in [2.75, 3.05) is 36.3 Å². The smallest absolute Gasteiger partial charge is 0.270 e. The number of aromatic nitrogens is 1. The van der Waals surface area contributed by atoms with Gasteiger partial charge in [-0.1, -0.05) is 12.1 Å². The van der Waals surface area contributed by atoms with Gasteiger partial charge in [0.25, 0.3) is 5.92 Å². The monoisotopic (exact) mass is 485 g/mol. The van der Waals surface area contributed by atoms with Crippen LogP contribution in [0.4, 0.5) is 25.8 Å². The zero-order chi connectivity index (χ0) is 24.3. The Morgan fingerprint density at radius 1 is 1.06 bits per heavy atom. The van der Waals surface area contributed by atoms with Crippen LogP contribution >= 0.6 is 0 Å². The van der Waals surface area contributed by atoms with E-state index in [0.717, 1.165) is 54.8 Å². The van der Waals surface area contributed by atoms with Gasteiger partial charge < -0.3 is 14.5 Å². The third kappa shape index (κ3) is 5.22. The number of ether oxygens (including phenoxy) is 1. The van der Waals surface area contributed by atoms with E-state index in [-0.39, 0.29) is 11.6 Å². The van der Waals surface area contributed by atoms with Crippen LogP contribution in [0.3, 0.4) is 0 Å². The number of halogens is 2. The van der Waals surface area contributed by atoms with Crippen LogP contribution < -0.4 is 14.5 Å². The molecule has 1 atom stereocenters. The van der Waals surface area contributed by atoms with Crippen molar-refractivity contribution in [1.82, 2.24) is 4.98 Å². The minimum Gasteiger partial charge on any atom is -0.494 e. The third-order valence-electron chi connectivity index (χ3n) is 6.26. The van der Waals surface area contributed by atoms with E-state index in [2.05, 4.69) is 14.8 Å². The van der Waals surface area contributed by atoms with Crippen molar-refractivity contribution in [1.29, 1.82) is 0 Å². The molecule has 0 bridgehead atoms. The minimum atomic E-state index is -2.89. The van der Waals surface area contributed by atoms with Crippen molar-refractivity contribution in [2.45, 2.75) is 36.6 Å². The average molecular weight is 486 g/mol. The molecule has 0 N–H and O–H groups in total. The number of piperidine rings is 1. The van der Waals surface area contributed by atoms with E-state index in [4.69, 9.17) is 4.74 Å². The second-order valence-corrected chi connectivity index (χ2v) is 9.90. The number of pyridine rings is 1. The van der Waals surface area contributed by atoms with E-state index in [9.17, 15) is 13.0 Å². The van der Waals surface area contributed by atoms with Crippen LogP contribution in [0.2, 0.25) is 0 Å². The molecule has 0 radical (unpaired) electrons. The van der Waals surface area contributed by atoms with Gasteiger partial charge in [-0.2, -0.15) is 0 Å². The highest BCUT2D eigenvalue weighted by Crippen LogP contribution is 2.39. The summed E-state index contributed by atoms with van der Waals surface area (Å²) in [6.45, 7) is 2.58. The molecule has 0 spiro atoms. The number of benzene rings is 2. The number of methoxy groups -OCH3 is 1. The fourth-order valence-corrected chi connectivity index (χ4v) is 4.94. The molecular formula is C26H29F2N3O2S. The van der Waals surface area contributed by atoms with Crippen LogP contribution in [0.1, 0.15) is 25.3 Å². The van der Waals surface area contributed by atoms with Gasteiger partial charge in [0.2, 0.25) is 0 Å². The number of anilines is 3. The van der Waals surface area contributed by atoms with Crippen molar-refractivity contribution in [2.24, 2.45) is 0 Å². The van der Waals surface area contributed by atoms with Gasteiger partial charge in [0.1, 0.15) is 11.4 Å². The van der Waals surface area contributed by atoms with Crippen molar-refractivity contribution in [3.05, 3.63) is 72.6 Å². The van der Waals surface area contributed by atoms with Gasteiger partial charge in [-0.15, -0.1) is 0 Å². The van der Waals surface area contributed by atoms with E-state index in [0.29, 0.717) is 5.75 Å². The summed E-state index contributed by atoms with van der Waals surface area (Å²) in [6, 6.07) is 16.3. The van der Waals surface area contributed by atoms with E-state index in [1.54, 1.807) is 37.9 Å². The second-order valence-electron chi connectivity index (χ2n) is 8.52. The number of alkyl halides is 2. The number of rotatable bonds is 7. The van der Waals surface area contributed by atoms with Crippen LogP contribution in [-0.2, 0) is 16.7 Å². The molecule has 1 unspecified atom stereocenters. The molecule has 0 amide bonds. The van der Waals surface area contributed by atoms with E-state index >= 15 is 0 Å². The normalized spacial score (nSPS) is 15.7. The van der Waals surface area contributed by atoms with Crippen molar-refractivity contribution in [3.63, 3.8) is 0 Å². The summed E-state index contributed by atoms with van der Waals surface area (Å²) < 4.78 is 44.9. The largest absolute Gasteiger partial charge is 0.494 e. The molecule has 8 heteroatoms. The first-order chi connectivity index (χ1) is 16.3. The van der Waals surface area contributed by atoms with Crippen molar-refractivity contribution >= 4 is 27.9 Å². The molecule has 5 nitrogen and oxygen atoms in total. The Hall–Kier alpha value is -3.00. The highest BCUT2D eigenvalue weighted by molar-refractivity contribution is 7.84. The summed E-state index contributed by atoms with van der Waals surface area (Å²) in [7, 11) is 0.621. The third-order valence-corrected chi connectivity index (χ3v) is 7.19. The van der Waals surface area contributed by atoms with Gasteiger partial charge in [-0.25, -0.2) is 8.78 Å². The number of hydrogen-bond acceptors (Lipinski definition) is 5. The summed E-state index contributed by atoms with van der Waals surface area (Å²) >= 11 is 0. The molecule has 180 valence electrons. The topological polar surface area (TPSA) is 45.7 Å². The Morgan fingerprint density at radius 3 is 2.26 bits per heavy atom. The first-order valence-corrected chi connectivity index (χ1v) is 12.8. The maximum Gasteiger partial charge on any atom is 0.270 e. The fourth-order valence-electron chi connectivity index (χ4n) is 4.42. The van der Waals surface area contributed by atoms with Gasteiger partial charge in [0.15, 0.2) is 0 Å². The molecule has 1 aliphatic rings. The molecule has 2 aromatic carbocycles. The molecule has 1 fully saturated rings. The zero-order valence-electron chi connectivity index (χ0n) is 19.6. The second kappa shape index (κ2) is 10.1. The van der Waals surface area contributed by atoms with E-state index in [1.807, 2.05) is 30.3 Å². The quantitative estimate of drug-likeness (QED) is 0.427. The maximum absolute atomic E-state index is 13.8. The van der Waals surface area contributed by atoms with E-state index in [1.165, 1.54) is 12.1 Å². The van der Waals surface area contributed by atoms with Crippen LogP contribution in [0, 0.1) is 0 Å². The molecule has 1 aliphatic heterocycles. The van der Waals surface area contributed by atoms with Gasteiger partial charge in [-0.05, 0) is 49.2 Å². The summed E-state index contributed by atoms with van der Waals surface area (Å²) in [5.41, 5.74) is 2.73. The maximum atomic E-state index is 13.8. The highest BCUT2D eigenvalue weighted by atomic mass is 32.2. The SMILES string of the molecule is COc1ccncc1N(c1ccc(C(C)(F)F)cc1)C1CCN(c2ccc(S(C)=O)cc2)CC1. The summed E-state index contributed by atoms with van der Waals surface area (Å²) in [5, 5.41) is 0. The predicted molar refractivity (Wildman–Crippen MR) is 133 cm³/mol. The minimum absolute atomic E-state index is 0.0133. The van der Waals surface area contributed by atoms with Gasteiger partial charge in [0, 0.05) is 77.2 Å². The lowest BCUT2D eigenvalue weighted by molar-refractivity contribution is 0.0175. The van der Waals surface area contributed by atoms with E-state index < -0.39 is 16.7 Å². The zero-order valence-corrected chi connectivity index (χ0v) is 20.4. The molecule has 2 heterocycles. The standard InChI is InChI=1S/C26H29F2N3O2S/c1-26(27,28)19-4-6-21(7-5-19)31(24-18-29-15-12-25(24)33-2)22-13-16-30(17-14-22)20-8-10-23(11-9-20)34(3)32/h4-12,15,18,22H,13-14,16-17H2,1-3H3. The Labute approximate surface area is 201 Å². The van der Waals surface area contributed by atoms with Crippen molar-refractivity contribution < 1.29 is 17.7 Å². The Kier molecular flexibility index (Phi) is 7.16. The molecule has 3 aromatic rings. The van der Waals surface area contributed by atoms with Crippen molar-refractivity contribution in [3.8, 4) is 5.75 Å². The highest BCUT2D eigenvalue weighted by Gasteiger charge is 2.29. The van der Waals surface area contributed by atoms with Gasteiger partial charge in [-0.3, -0.25) is 9.19 Å². The Morgan fingerprint density at radius 2 is 1.71 bits per heavy atom. The Balaban J connectivity index is 1.59. The first kappa shape index (κ1) is 24.1. The fraction of sp³-hybridized carbons (Fsp3) is 0.346. The van der Waals surface area contributed by atoms with Crippen LogP contribution in [-0.4, -0.2) is 41.7 Å². The number of hydrogen-bond donors (Lipinski definition) is 0. The summed E-state index contributed by atoms with van der Waals surface area (Å²) in [5.74, 6) is -2.20. The van der Waals surface area contributed by atoms with Gasteiger partial charge >= 0.3 is 0 Å². The molecule has 0 aliphatic carbocycles. The lowest BCUT2D eigenvalue weighted by atomic mass is 10.00. The first-order valence-electron chi connectivity index (χ1n) is 11.2.